The van der Waals surface area contributed by atoms with Gasteiger partial charge in [0.25, 0.3) is 0 Å². The Labute approximate surface area is 128 Å². The number of aromatic carboxylic acids is 1. The maximum absolute atomic E-state index is 11.3. The van der Waals surface area contributed by atoms with E-state index in [1.807, 2.05) is 30.3 Å². The van der Waals surface area contributed by atoms with E-state index >= 15 is 0 Å². The molecule has 5 nitrogen and oxygen atoms in total. The molecule has 3 aromatic rings. The summed E-state index contributed by atoms with van der Waals surface area (Å²) in [5.74, 6) is -1.03. The van der Waals surface area contributed by atoms with Crippen LogP contribution < -0.4 is 0 Å². The molecule has 1 N–H and O–H groups in total. The summed E-state index contributed by atoms with van der Waals surface area (Å²) < 4.78 is 3.76. The molecular weight excluding hydrogens is 306 g/mol. The van der Waals surface area contributed by atoms with Crippen molar-refractivity contribution in [2.75, 3.05) is 0 Å². The molecule has 0 saturated carbocycles. The van der Waals surface area contributed by atoms with Crippen molar-refractivity contribution in [2.45, 2.75) is 0 Å². The molecule has 21 heavy (non-hydrogen) atoms. The van der Waals surface area contributed by atoms with Crippen LogP contribution in [0.25, 0.3) is 22.6 Å². The van der Waals surface area contributed by atoms with Gasteiger partial charge in [-0.3, -0.25) is 0 Å². The molecule has 0 unspecified atom stereocenters. The molecule has 7 heteroatoms. The highest BCUT2D eigenvalue weighted by molar-refractivity contribution is 7.16. The zero-order chi connectivity index (χ0) is 14.7. The maximum Gasteiger partial charge on any atom is 0.356 e. The Hall–Kier alpha value is -2.38. The number of carboxylic acids is 1. The minimum Gasteiger partial charge on any atom is -0.476 e. The summed E-state index contributed by atoms with van der Waals surface area (Å²) in [5, 5.41) is 15.6. The van der Waals surface area contributed by atoms with E-state index < -0.39 is 5.97 Å². The van der Waals surface area contributed by atoms with E-state index in [4.69, 9.17) is 0 Å². The summed E-state index contributed by atoms with van der Waals surface area (Å²) in [6.45, 7) is 0. The first-order valence-corrected chi connectivity index (χ1v) is 7.64. The van der Waals surface area contributed by atoms with Crippen LogP contribution in [0.4, 0.5) is 0 Å². The standard InChI is InChI=1S/C14H9N3O2S2/c18-14(19)12-13(9-4-2-1-3-5-9)21-11(15-12)7-6-10-8-20-17-16-10/h1-8H,(H,18,19)/b7-6+. The lowest BCUT2D eigenvalue weighted by Crippen LogP contribution is -1.98. The molecule has 0 fully saturated rings. The molecule has 2 heterocycles. The van der Waals surface area contributed by atoms with Crippen LogP contribution in [0.5, 0.6) is 0 Å². The molecule has 104 valence electrons. The van der Waals surface area contributed by atoms with Crippen molar-refractivity contribution in [3.05, 3.63) is 52.1 Å². The van der Waals surface area contributed by atoms with Crippen molar-refractivity contribution in [3.63, 3.8) is 0 Å². The number of hydrogen-bond donors (Lipinski definition) is 1. The third-order valence-electron chi connectivity index (χ3n) is 2.66. The lowest BCUT2D eigenvalue weighted by molar-refractivity contribution is 0.0692. The minimum atomic E-state index is -1.03. The number of benzene rings is 1. The second-order valence-electron chi connectivity index (χ2n) is 4.06. The van der Waals surface area contributed by atoms with E-state index in [-0.39, 0.29) is 5.69 Å². The van der Waals surface area contributed by atoms with Crippen LogP contribution >= 0.6 is 22.9 Å². The fourth-order valence-corrected chi connectivity index (χ4v) is 3.13. The van der Waals surface area contributed by atoms with Crippen LogP contribution in [0, 0.1) is 0 Å². The van der Waals surface area contributed by atoms with Gasteiger partial charge in [0, 0.05) is 5.38 Å². The minimum absolute atomic E-state index is 0.0715. The number of carboxylic acid groups (broad SMARTS) is 1. The van der Waals surface area contributed by atoms with E-state index in [2.05, 4.69) is 14.6 Å². The van der Waals surface area contributed by atoms with Crippen LogP contribution in [0.3, 0.4) is 0 Å². The number of aromatic nitrogens is 3. The van der Waals surface area contributed by atoms with Gasteiger partial charge in [-0.1, -0.05) is 34.8 Å². The summed E-state index contributed by atoms with van der Waals surface area (Å²) >= 11 is 2.60. The van der Waals surface area contributed by atoms with Gasteiger partial charge >= 0.3 is 5.97 Å². The highest BCUT2D eigenvalue weighted by atomic mass is 32.1. The first kappa shape index (κ1) is 13.6. The zero-order valence-corrected chi connectivity index (χ0v) is 12.3. The second-order valence-corrected chi connectivity index (χ2v) is 5.70. The fourth-order valence-electron chi connectivity index (χ4n) is 1.74. The highest BCUT2D eigenvalue weighted by Gasteiger charge is 2.17. The van der Waals surface area contributed by atoms with Crippen LogP contribution in [0.1, 0.15) is 21.2 Å². The van der Waals surface area contributed by atoms with Crippen molar-refractivity contribution in [3.8, 4) is 10.4 Å². The number of carbonyl (C=O) groups is 1. The van der Waals surface area contributed by atoms with Gasteiger partial charge in [0.1, 0.15) is 5.01 Å². The molecule has 1 aromatic carbocycles. The topological polar surface area (TPSA) is 76.0 Å². The predicted molar refractivity (Wildman–Crippen MR) is 83.3 cm³/mol. The van der Waals surface area contributed by atoms with Gasteiger partial charge in [0.05, 0.1) is 10.6 Å². The van der Waals surface area contributed by atoms with Gasteiger partial charge in [-0.05, 0) is 29.2 Å². The average Bonchev–Trinajstić information content (AvgIpc) is 3.15. The molecule has 0 spiro atoms. The third-order valence-corrected chi connectivity index (χ3v) is 4.25. The molecule has 0 aliphatic rings. The molecule has 2 aromatic heterocycles. The summed E-state index contributed by atoms with van der Waals surface area (Å²) in [7, 11) is 0. The SMILES string of the molecule is O=C(O)c1nc(/C=C/c2csnn2)sc1-c1ccccc1. The van der Waals surface area contributed by atoms with Crippen molar-refractivity contribution in [1.29, 1.82) is 0 Å². The Morgan fingerprint density at radius 2 is 2.00 bits per heavy atom. The molecule has 0 bridgehead atoms. The van der Waals surface area contributed by atoms with E-state index in [1.54, 1.807) is 17.5 Å². The van der Waals surface area contributed by atoms with E-state index in [0.29, 0.717) is 9.88 Å². The lowest BCUT2D eigenvalue weighted by Gasteiger charge is -1.97. The monoisotopic (exact) mass is 315 g/mol. The smallest absolute Gasteiger partial charge is 0.356 e. The summed E-state index contributed by atoms with van der Waals surface area (Å²) in [6, 6.07) is 9.38. The Morgan fingerprint density at radius 1 is 1.19 bits per heavy atom. The van der Waals surface area contributed by atoms with Crippen molar-refractivity contribution in [1.82, 2.24) is 14.6 Å². The summed E-state index contributed by atoms with van der Waals surface area (Å²) in [5.41, 5.74) is 1.65. The Balaban J connectivity index is 1.99. The first-order chi connectivity index (χ1) is 10.2. The van der Waals surface area contributed by atoms with Gasteiger partial charge < -0.3 is 5.11 Å². The van der Waals surface area contributed by atoms with Crippen molar-refractivity contribution >= 4 is 41.0 Å². The molecule has 0 saturated heterocycles. The lowest BCUT2D eigenvalue weighted by atomic mass is 10.1. The van der Waals surface area contributed by atoms with Crippen LogP contribution in [0.2, 0.25) is 0 Å². The highest BCUT2D eigenvalue weighted by Crippen LogP contribution is 2.31. The zero-order valence-electron chi connectivity index (χ0n) is 10.6. The molecule has 0 amide bonds. The molecule has 3 rings (SSSR count). The Bertz CT molecular complexity index is 780. The largest absolute Gasteiger partial charge is 0.476 e. The normalized spacial score (nSPS) is 11.0. The van der Waals surface area contributed by atoms with Crippen LogP contribution in [-0.2, 0) is 0 Å². The average molecular weight is 315 g/mol. The van der Waals surface area contributed by atoms with Crippen molar-refractivity contribution in [2.24, 2.45) is 0 Å². The third kappa shape index (κ3) is 3.04. The van der Waals surface area contributed by atoms with Crippen molar-refractivity contribution < 1.29 is 9.90 Å². The predicted octanol–water partition coefficient (Wildman–Crippen LogP) is 3.53. The Morgan fingerprint density at radius 3 is 2.67 bits per heavy atom. The quantitative estimate of drug-likeness (QED) is 0.797. The van der Waals surface area contributed by atoms with E-state index in [9.17, 15) is 9.90 Å². The maximum atomic E-state index is 11.3. The first-order valence-electron chi connectivity index (χ1n) is 5.99. The van der Waals surface area contributed by atoms with Crippen LogP contribution in [0.15, 0.2) is 35.7 Å². The van der Waals surface area contributed by atoms with Gasteiger partial charge in [0.2, 0.25) is 0 Å². The van der Waals surface area contributed by atoms with Gasteiger partial charge in [-0.25, -0.2) is 9.78 Å². The van der Waals surface area contributed by atoms with E-state index in [0.717, 1.165) is 11.3 Å². The number of thiazole rings is 1. The Kier molecular flexibility index (Phi) is 3.85. The van der Waals surface area contributed by atoms with Gasteiger partial charge in [0.15, 0.2) is 5.69 Å². The van der Waals surface area contributed by atoms with Gasteiger partial charge in [-0.2, -0.15) is 0 Å². The molecule has 0 aliphatic carbocycles. The summed E-state index contributed by atoms with van der Waals surface area (Å²) in [4.78, 5) is 16.2. The number of rotatable bonds is 4. The molecular formula is C14H9N3O2S2. The second kappa shape index (κ2) is 5.94. The number of nitrogens with zero attached hydrogens (tertiary/aromatic N) is 3. The molecule has 0 atom stereocenters. The molecule has 0 aliphatic heterocycles. The summed E-state index contributed by atoms with van der Waals surface area (Å²) in [6.07, 6.45) is 3.52. The number of hydrogen-bond acceptors (Lipinski definition) is 6. The van der Waals surface area contributed by atoms with Gasteiger partial charge in [-0.15, -0.1) is 16.4 Å². The fraction of sp³-hybridized carbons (Fsp3) is 0. The molecule has 0 radical (unpaired) electrons. The van der Waals surface area contributed by atoms with E-state index in [1.165, 1.54) is 22.9 Å². The van der Waals surface area contributed by atoms with Crippen LogP contribution in [-0.4, -0.2) is 25.6 Å².